The molecule has 138 valence electrons. The summed E-state index contributed by atoms with van der Waals surface area (Å²) < 4.78 is 21.3. The number of ether oxygens (including phenoxy) is 3. The fourth-order valence-corrected chi connectivity index (χ4v) is 2.00. The van der Waals surface area contributed by atoms with Gasteiger partial charge in [-0.15, -0.1) is 5.10 Å². The molecule has 0 saturated carbocycles. The molecule has 0 unspecified atom stereocenters. The van der Waals surface area contributed by atoms with Gasteiger partial charge in [-0.05, 0) is 37.3 Å². The second-order valence-electron chi connectivity index (χ2n) is 5.00. The summed E-state index contributed by atoms with van der Waals surface area (Å²) in [4.78, 5) is 11.4. The molecule has 2 aromatic rings. The summed E-state index contributed by atoms with van der Waals surface area (Å²) >= 11 is 0. The maximum absolute atomic E-state index is 11.4. The number of esters is 1. The van der Waals surface area contributed by atoms with Crippen LogP contribution in [0, 0.1) is 0 Å². The van der Waals surface area contributed by atoms with Gasteiger partial charge in [0.1, 0.15) is 12.4 Å². The highest BCUT2D eigenvalue weighted by Crippen LogP contribution is 2.29. The van der Waals surface area contributed by atoms with Gasteiger partial charge in [0.05, 0.1) is 13.7 Å². The number of carbonyl (C=O) groups excluding carboxylic acids is 1. The van der Waals surface area contributed by atoms with Gasteiger partial charge in [-0.3, -0.25) is 0 Å². The third-order valence-electron chi connectivity index (χ3n) is 3.11. The second-order valence-corrected chi connectivity index (χ2v) is 5.00. The van der Waals surface area contributed by atoms with Crippen molar-refractivity contribution in [3.8, 4) is 11.5 Å². The number of nitrogens with one attached hydrogen (secondary N) is 1. The molecule has 0 radical (unpaired) electrons. The van der Waals surface area contributed by atoms with Crippen molar-refractivity contribution >= 4 is 18.1 Å². The average molecular weight is 361 g/mol. The van der Waals surface area contributed by atoms with Gasteiger partial charge in [0.25, 0.3) is 5.96 Å². The van der Waals surface area contributed by atoms with Crippen LogP contribution < -0.4 is 26.0 Å². The van der Waals surface area contributed by atoms with E-state index < -0.39 is 5.97 Å². The SMILES string of the molecule is CCOc1cc(/C=[NH+]\N=C(N)N)ccc1OCc1ccc(C(=O)OC)o1. The van der Waals surface area contributed by atoms with Crippen molar-refractivity contribution in [2.45, 2.75) is 13.5 Å². The van der Waals surface area contributed by atoms with E-state index in [2.05, 4.69) is 14.9 Å². The van der Waals surface area contributed by atoms with E-state index in [1.165, 1.54) is 13.2 Å². The van der Waals surface area contributed by atoms with Gasteiger partial charge in [0.2, 0.25) is 12.0 Å². The highest BCUT2D eigenvalue weighted by Gasteiger charge is 2.13. The number of carbonyl (C=O) groups is 1. The maximum atomic E-state index is 11.4. The molecule has 0 fully saturated rings. The predicted molar refractivity (Wildman–Crippen MR) is 93.9 cm³/mol. The molecule has 1 aromatic carbocycles. The highest BCUT2D eigenvalue weighted by atomic mass is 16.5. The van der Waals surface area contributed by atoms with Crippen molar-refractivity contribution in [3.63, 3.8) is 0 Å². The van der Waals surface area contributed by atoms with E-state index >= 15 is 0 Å². The van der Waals surface area contributed by atoms with E-state index in [0.29, 0.717) is 23.9 Å². The zero-order valence-corrected chi connectivity index (χ0v) is 14.5. The van der Waals surface area contributed by atoms with Crippen molar-refractivity contribution in [2.24, 2.45) is 16.6 Å². The Bertz CT molecular complexity index is 809. The fraction of sp³-hybridized carbons (Fsp3) is 0.235. The van der Waals surface area contributed by atoms with Crippen molar-refractivity contribution in [3.05, 3.63) is 47.4 Å². The van der Waals surface area contributed by atoms with Gasteiger partial charge >= 0.3 is 5.97 Å². The summed E-state index contributed by atoms with van der Waals surface area (Å²) in [5.74, 6) is 1.06. The quantitative estimate of drug-likeness (QED) is 0.255. The minimum atomic E-state index is -0.542. The molecule has 0 spiro atoms. The number of hydrogen-bond donors (Lipinski definition) is 3. The van der Waals surface area contributed by atoms with Crippen molar-refractivity contribution in [1.29, 1.82) is 0 Å². The van der Waals surface area contributed by atoms with Gasteiger partial charge < -0.3 is 30.1 Å². The lowest BCUT2D eigenvalue weighted by molar-refractivity contribution is -0.456. The lowest BCUT2D eigenvalue weighted by atomic mass is 10.2. The van der Waals surface area contributed by atoms with Gasteiger partial charge in [-0.25, -0.2) is 4.79 Å². The number of furan rings is 1. The minimum absolute atomic E-state index is 0.0731. The molecule has 0 amide bonds. The molecule has 9 heteroatoms. The van der Waals surface area contributed by atoms with Crippen LogP contribution in [-0.4, -0.2) is 31.9 Å². The van der Waals surface area contributed by atoms with Crippen molar-refractivity contribution in [1.82, 2.24) is 0 Å². The van der Waals surface area contributed by atoms with Gasteiger partial charge in [0.15, 0.2) is 11.5 Å². The summed E-state index contributed by atoms with van der Waals surface area (Å²) in [6.45, 7) is 2.47. The fourth-order valence-electron chi connectivity index (χ4n) is 2.00. The zero-order valence-electron chi connectivity index (χ0n) is 14.5. The maximum Gasteiger partial charge on any atom is 0.373 e. The predicted octanol–water partition coefficient (Wildman–Crippen LogP) is -0.268. The summed E-state index contributed by atoms with van der Waals surface area (Å²) in [6.07, 6.45) is 1.61. The number of methoxy groups -OCH3 is 1. The second kappa shape index (κ2) is 9.11. The number of nitrogens with zero attached hydrogens (tertiary/aromatic N) is 1. The topological polar surface area (TPSA) is 136 Å². The third kappa shape index (κ3) is 5.26. The lowest BCUT2D eigenvalue weighted by Gasteiger charge is -2.11. The molecule has 0 aliphatic heterocycles. The third-order valence-corrected chi connectivity index (χ3v) is 3.11. The first-order valence-corrected chi connectivity index (χ1v) is 7.77. The summed E-state index contributed by atoms with van der Waals surface area (Å²) in [7, 11) is 1.29. The van der Waals surface area contributed by atoms with Crippen LogP contribution >= 0.6 is 0 Å². The van der Waals surface area contributed by atoms with E-state index in [1.807, 2.05) is 6.92 Å². The Kier molecular flexibility index (Phi) is 6.60. The number of guanidine groups is 1. The summed E-state index contributed by atoms with van der Waals surface area (Å²) in [5, 5.41) is 6.29. The van der Waals surface area contributed by atoms with Gasteiger partial charge in [-0.2, -0.15) is 0 Å². The molecule has 0 aliphatic carbocycles. The number of hydrogen-bond acceptors (Lipinski definition) is 6. The lowest BCUT2D eigenvalue weighted by Crippen LogP contribution is -2.63. The van der Waals surface area contributed by atoms with Crippen molar-refractivity contribution in [2.75, 3.05) is 13.7 Å². The summed E-state index contributed by atoms with van der Waals surface area (Å²) in [5.41, 5.74) is 11.3. The summed E-state index contributed by atoms with van der Waals surface area (Å²) in [6, 6.07) is 8.50. The molecule has 26 heavy (non-hydrogen) atoms. The standard InChI is InChI=1S/C17H20N4O5/c1-3-24-15-8-11(9-20-21-17(18)19)4-6-13(15)25-10-12-5-7-14(26-12)16(22)23-2/h4-9H,3,10H2,1-2H3,(H4,18,19,21)/p+1/b20-9-. The molecule has 1 aromatic heterocycles. The van der Waals surface area contributed by atoms with Crippen LogP contribution in [-0.2, 0) is 11.3 Å². The molecular weight excluding hydrogens is 340 g/mol. The molecule has 0 aliphatic rings. The first kappa shape index (κ1) is 18.8. The smallest absolute Gasteiger partial charge is 0.373 e. The van der Waals surface area contributed by atoms with Crippen LogP contribution in [0.15, 0.2) is 39.9 Å². The van der Waals surface area contributed by atoms with Crippen LogP contribution in [0.25, 0.3) is 0 Å². The number of rotatable bonds is 8. The Morgan fingerprint density at radius 1 is 1.23 bits per heavy atom. The van der Waals surface area contributed by atoms with Crippen LogP contribution in [0.2, 0.25) is 0 Å². The molecule has 0 bridgehead atoms. The zero-order chi connectivity index (χ0) is 18.9. The van der Waals surface area contributed by atoms with Gasteiger partial charge in [-0.1, -0.05) is 0 Å². The number of benzene rings is 1. The van der Waals surface area contributed by atoms with Crippen LogP contribution in [0.1, 0.15) is 28.8 Å². The highest BCUT2D eigenvalue weighted by molar-refractivity contribution is 5.86. The first-order valence-electron chi connectivity index (χ1n) is 7.77. The van der Waals surface area contributed by atoms with Crippen LogP contribution in [0.4, 0.5) is 0 Å². The van der Waals surface area contributed by atoms with E-state index in [9.17, 15) is 4.79 Å². The Hall–Kier alpha value is -3.49. The normalized spacial score (nSPS) is 10.5. The van der Waals surface area contributed by atoms with E-state index in [0.717, 1.165) is 5.56 Å². The van der Waals surface area contributed by atoms with Crippen LogP contribution in [0.3, 0.4) is 0 Å². The number of hydrazone groups is 1. The average Bonchev–Trinajstić information content (AvgIpc) is 3.09. The van der Waals surface area contributed by atoms with E-state index in [1.54, 1.807) is 30.5 Å². The molecular formula is C17H21N4O5+. The van der Waals surface area contributed by atoms with Crippen LogP contribution in [0.5, 0.6) is 11.5 Å². The molecule has 5 N–H and O–H groups in total. The molecule has 9 nitrogen and oxygen atoms in total. The Balaban J connectivity index is 2.10. The Labute approximate surface area is 150 Å². The molecule has 2 rings (SSSR count). The Morgan fingerprint density at radius 2 is 2.04 bits per heavy atom. The van der Waals surface area contributed by atoms with E-state index in [4.69, 9.17) is 25.4 Å². The number of nitrogens with two attached hydrogens (primary N) is 2. The van der Waals surface area contributed by atoms with E-state index in [-0.39, 0.29) is 18.3 Å². The monoisotopic (exact) mass is 361 g/mol. The molecule has 0 atom stereocenters. The van der Waals surface area contributed by atoms with Gasteiger partial charge in [0, 0.05) is 10.7 Å². The molecule has 1 heterocycles. The molecule has 0 saturated heterocycles. The minimum Gasteiger partial charge on any atom is -0.490 e. The largest absolute Gasteiger partial charge is 0.490 e. The first-order chi connectivity index (χ1) is 12.5. The van der Waals surface area contributed by atoms with Crippen molar-refractivity contribution < 1.29 is 28.5 Å². The Morgan fingerprint density at radius 3 is 2.73 bits per heavy atom.